The van der Waals surface area contributed by atoms with Crippen LogP contribution in [-0.2, 0) is 21.0 Å². The second-order valence-corrected chi connectivity index (χ2v) is 7.00. The van der Waals surface area contributed by atoms with E-state index in [0.29, 0.717) is 0 Å². The quantitative estimate of drug-likeness (QED) is 0.542. The molecule has 0 aromatic carbocycles. The van der Waals surface area contributed by atoms with Gasteiger partial charge in [-0.2, -0.15) is 0 Å². The highest BCUT2D eigenvalue weighted by atomic mass is 32.2. The highest BCUT2D eigenvalue weighted by Crippen LogP contribution is 2.47. The van der Waals surface area contributed by atoms with Crippen molar-refractivity contribution in [3.8, 4) is 0 Å². The van der Waals surface area contributed by atoms with Crippen LogP contribution in [0.5, 0.6) is 0 Å². The molecule has 1 heterocycles. The lowest BCUT2D eigenvalue weighted by molar-refractivity contribution is -0.143. The molecule has 16 heavy (non-hydrogen) atoms. The summed E-state index contributed by atoms with van der Waals surface area (Å²) in [6.45, 7) is 6.28. The molecule has 1 unspecified atom stereocenters. The fourth-order valence-electron chi connectivity index (χ4n) is 1.47. The van der Waals surface area contributed by atoms with Crippen LogP contribution in [0.2, 0.25) is 0 Å². The van der Waals surface area contributed by atoms with Crippen molar-refractivity contribution in [2.75, 3.05) is 0 Å². The number of carboxylic acids is 2. The van der Waals surface area contributed by atoms with E-state index in [-0.39, 0.29) is 0 Å². The van der Waals surface area contributed by atoms with Crippen LogP contribution in [0.4, 0.5) is 0 Å². The van der Waals surface area contributed by atoms with Gasteiger partial charge in [0.15, 0.2) is 11.6 Å². The summed E-state index contributed by atoms with van der Waals surface area (Å²) in [5.74, 6) is -2.53. The lowest BCUT2D eigenvalue weighted by Gasteiger charge is -2.25. The van der Waals surface area contributed by atoms with Crippen LogP contribution in [-0.4, -0.2) is 47.3 Å². The molecule has 6 nitrogen and oxygen atoms in total. The number of rotatable bonds is 3. The number of hydrogen-bond acceptors (Lipinski definition) is 4. The number of nitrogens with zero attached hydrogens (tertiary/aromatic N) is 1. The van der Waals surface area contributed by atoms with Gasteiger partial charge in [0.2, 0.25) is 0 Å². The van der Waals surface area contributed by atoms with Crippen molar-refractivity contribution in [2.45, 2.75) is 44.0 Å². The van der Waals surface area contributed by atoms with Crippen molar-refractivity contribution in [3.05, 3.63) is 0 Å². The Morgan fingerprint density at radius 3 is 2.00 bits per heavy atom. The van der Waals surface area contributed by atoms with Gasteiger partial charge in [0.05, 0.1) is 0 Å². The zero-order chi connectivity index (χ0) is 12.9. The summed E-state index contributed by atoms with van der Waals surface area (Å²) in [5, 5.41) is 17.9. The molecule has 0 aromatic rings. The van der Waals surface area contributed by atoms with Gasteiger partial charge in [-0.15, -0.1) is 0 Å². The molecule has 0 amide bonds. The highest BCUT2D eigenvalue weighted by Gasteiger charge is 2.77. The van der Waals surface area contributed by atoms with Crippen LogP contribution in [0.25, 0.3) is 0 Å². The Kier molecular flexibility index (Phi) is 3.00. The van der Waals surface area contributed by atoms with Gasteiger partial charge in [-0.05, 0) is 27.7 Å². The fourth-order valence-corrected chi connectivity index (χ4v) is 3.03. The Balaban J connectivity index is 2.99. The molecule has 0 aromatic heterocycles. The van der Waals surface area contributed by atoms with Crippen molar-refractivity contribution in [1.29, 1.82) is 0 Å². The average molecular weight is 249 g/mol. The molecule has 0 bridgehead atoms. The van der Waals surface area contributed by atoms with Crippen LogP contribution < -0.4 is 0 Å². The van der Waals surface area contributed by atoms with Gasteiger partial charge in [-0.25, -0.2) is 4.79 Å². The van der Waals surface area contributed by atoms with Gasteiger partial charge in [0, 0.05) is 11.4 Å². The van der Waals surface area contributed by atoms with E-state index in [1.165, 1.54) is 6.92 Å². The van der Waals surface area contributed by atoms with Gasteiger partial charge in [-0.1, -0.05) is 4.31 Å². The lowest BCUT2D eigenvalue weighted by Crippen LogP contribution is -2.38. The van der Waals surface area contributed by atoms with E-state index in [4.69, 9.17) is 10.2 Å². The second kappa shape index (κ2) is 3.61. The summed E-state index contributed by atoms with van der Waals surface area (Å²) in [7, 11) is 0. The predicted octanol–water partition coefficient (Wildman–Crippen LogP) is 0.0607. The molecule has 1 saturated heterocycles. The van der Waals surface area contributed by atoms with E-state index in [1.54, 1.807) is 20.8 Å². The minimum Gasteiger partial charge on any atom is -0.597 e. The van der Waals surface area contributed by atoms with Gasteiger partial charge in [0.25, 0.3) is 0 Å². The third-order valence-corrected chi connectivity index (χ3v) is 4.52. The van der Waals surface area contributed by atoms with Crippen LogP contribution in [0, 0.1) is 0 Å². The maximum atomic E-state index is 12.0. The van der Waals surface area contributed by atoms with E-state index in [1.807, 2.05) is 0 Å². The lowest BCUT2D eigenvalue weighted by atomic mass is 10.1. The van der Waals surface area contributed by atoms with Crippen LogP contribution in [0.3, 0.4) is 0 Å². The summed E-state index contributed by atoms with van der Waals surface area (Å²) in [5.41, 5.74) is -1.57. The summed E-state index contributed by atoms with van der Waals surface area (Å²) in [6, 6.07) is -1.22. The number of hydrogen-bond donors (Lipinski definition) is 2. The molecule has 1 fully saturated rings. The topological polar surface area (TPSA) is 101 Å². The molecule has 0 radical (unpaired) electrons. The van der Waals surface area contributed by atoms with E-state index in [2.05, 4.69) is 0 Å². The highest BCUT2D eigenvalue weighted by molar-refractivity contribution is 7.90. The Labute approximate surface area is 96.6 Å². The van der Waals surface area contributed by atoms with E-state index >= 15 is 0 Å². The van der Waals surface area contributed by atoms with Crippen molar-refractivity contribution in [1.82, 2.24) is 4.31 Å². The minimum atomic E-state index is -1.65. The van der Waals surface area contributed by atoms with E-state index in [0.717, 1.165) is 4.31 Å². The molecule has 0 saturated carbocycles. The monoisotopic (exact) mass is 249 g/mol. The molecule has 2 N–H and O–H groups in total. The predicted molar refractivity (Wildman–Crippen MR) is 57.2 cm³/mol. The Morgan fingerprint density at radius 2 is 1.81 bits per heavy atom. The molecule has 1 rings (SSSR count). The molecule has 1 aliphatic heterocycles. The third kappa shape index (κ3) is 1.79. The first-order valence-corrected chi connectivity index (χ1v) is 5.82. The van der Waals surface area contributed by atoms with Gasteiger partial charge in [0.1, 0.15) is 4.75 Å². The SMILES string of the molecule is CC(C)(C)[S@+]([O-])N1[C@H](C(=O)O)[C@]1(C)C(=O)O. The van der Waals surface area contributed by atoms with Crippen LogP contribution >= 0.6 is 0 Å². The summed E-state index contributed by atoms with van der Waals surface area (Å²) in [4.78, 5) is 21.9. The minimum absolute atomic E-state index is 0.680. The number of carboxylic acid groups (broad SMARTS) is 2. The standard InChI is InChI=1S/C9H15NO5S/c1-8(2,3)16(15)10-5(6(11)12)9(10,4)7(13)14/h5H,1-4H3,(H,11,12)(H,13,14)/t5-,9-,10?,16+/m1/s1. The Morgan fingerprint density at radius 1 is 1.38 bits per heavy atom. The fraction of sp³-hybridized carbons (Fsp3) is 0.778. The van der Waals surface area contributed by atoms with Crippen molar-refractivity contribution >= 4 is 23.3 Å². The largest absolute Gasteiger partial charge is 0.597 e. The second-order valence-electron chi connectivity index (χ2n) is 4.88. The summed E-state index contributed by atoms with van der Waals surface area (Å²) in [6.07, 6.45) is 0. The molecular weight excluding hydrogens is 234 g/mol. The van der Waals surface area contributed by atoms with Crippen LogP contribution in [0.1, 0.15) is 27.7 Å². The van der Waals surface area contributed by atoms with Crippen molar-refractivity contribution < 1.29 is 24.4 Å². The number of aliphatic carboxylic acids is 2. The first kappa shape index (κ1) is 13.3. The third-order valence-electron chi connectivity index (χ3n) is 2.53. The zero-order valence-corrected chi connectivity index (χ0v) is 10.4. The number of carbonyl (C=O) groups is 2. The van der Waals surface area contributed by atoms with Gasteiger partial charge in [-0.3, -0.25) is 4.79 Å². The van der Waals surface area contributed by atoms with Crippen molar-refractivity contribution in [3.63, 3.8) is 0 Å². The Hall–Kier alpha value is -0.790. The molecular formula is C9H15NO5S. The molecule has 4 atom stereocenters. The first-order chi connectivity index (χ1) is 7.04. The maximum Gasteiger partial charge on any atom is 0.330 e. The van der Waals surface area contributed by atoms with Gasteiger partial charge < -0.3 is 14.8 Å². The molecule has 7 heteroatoms. The zero-order valence-electron chi connectivity index (χ0n) is 9.55. The van der Waals surface area contributed by atoms with Crippen LogP contribution in [0.15, 0.2) is 0 Å². The Bertz CT molecular complexity index is 339. The van der Waals surface area contributed by atoms with E-state index in [9.17, 15) is 14.1 Å². The smallest absolute Gasteiger partial charge is 0.330 e. The molecule has 92 valence electrons. The molecule has 0 aliphatic carbocycles. The van der Waals surface area contributed by atoms with E-state index < -0.39 is 39.6 Å². The summed E-state index contributed by atoms with van der Waals surface area (Å²) >= 11 is -1.65. The maximum absolute atomic E-state index is 12.0. The van der Waals surface area contributed by atoms with Gasteiger partial charge >= 0.3 is 11.9 Å². The summed E-state index contributed by atoms with van der Waals surface area (Å²) < 4.78 is 12.3. The molecule has 0 spiro atoms. The van der Waals surface area contributed by atoms with Crippen molar-refractivity contribution in [2.24, 2.45) is 0 Å². The average Bonchev–Trinajstić information content (AvgIpc) is 2.70. The first-order valence-electron chi connectivity index (χ1n) is 4.72. The molecule has 1 aliphatic rings. The normalized spacial score (nSPS) is 35.6.